The second kappa shape index (κ2) is 7.18. The summed E-state index contributed by atoms with van der Waals surface area (Å²) in [5.41, 5.74) is 5.57. The fourth-order valence-electron chi connectivity index (χ4n) is 3.12. The molecule has 0 radical (unpaired) electrons. The third-order valence-corrected chi connectivity index (χ3v) is 4.83. The zero-order valence-electron chi connectivity index (χ0n) is 14.5. The number of nitrogens with two attached hydrogens (primary N) is 1. The molecule has 0 aliphatic heterocycles. The van der Waals surface area contributed by atoms with Gasteiger partial charge in [0.05, 0.1) is 16.7 Å². The number of alkyl halides is 3. The van der Waals surface area contributed by atoms with Gasteiger partial charge >= 0.3 is 6.18 Å². The molecule has 0 spiro atoms. The van der Waals surface area contributed by atoms with Gasteiger partial charge in [-0.2, -0.15) is 18.2 Å². The second-order valence-electron chi connectivity index (χ2n) is 6.70. The summed E-state index contributed by atoms with van der Waals surface area (Å²) in [5.74, 6) is -0.219. The molecular formula is C19H16ClF4N3O. The van der Waals surface area contributed by atoms with Crippen LogP contribution in [0.25, 0.3) is 22.6 Å². The minimum atomic E-state index is -4.48. The lowest BCUT2D eigenvalue weighted by Crippen LogP contribution is -2.44. The molecule has 1 aliphatic rings. The van der Waals surface area contributed by atoms with E-state index in [1.165, 1.54) is 24.3 Å². The van der Waals surface area contributed by atoms with Gasteiger partial charge in [-0.25, -0.2) is 4.39 Å². The van der Waals surface area contributed by atoms with E-state index < -0.39 is 23.1 Å². The van der Waals surface area contributed by atoms with Gasteiger partial charge < -0.3 is 10.3 Å². The van der Waals surface area contributed by atoms with Crippen LogP contribution in [0.15, 0.2) is 47.0 Å². The molecule has 1 fully saturated rings. The van der Waals surface area contributed by atoms with Gasteiger partial charge in [-0.3, -0.25) is 0 Å². The number of hydrogen-bond acceptors (Lipinski definition) is 4. The fourth-order valence-corrected chi connectivity index (χ4v) is 3.12. The molecule has 0 saturated heterocycles. The monoisotopic (exact) mass is 413 g/mol. The van der Waals surface area contributed by atoms with E-state index in [9.17, 15) is 17.6 Å². The van der Waals surface area contributed by atoms with E-state index in [4.69, 9.17) is 10.3 Å². The molecule has 4 rings (SSSR count). The second-order valence-corrected chi connectivity index (χ2v) is 6.70. The summed E-state index contributed by atoms with van der Waals surface area (Å²) in [7, 11) is 0. The van der Waals surface area contributed by atoms with E-state index in [0.29, 0.717) is 11.4 Å². The predicted octanol–water partition coefficient (Wildman–Crippen LogP) is 5.32. The molecule has 1 aliphatic carbocycles. The van der Waals surface area contributed by atoms with Crippen LogP contribution in [0, 0.1) is 5.82 Å². The zero-order valence-corrected chi connectivity index (χ0v) is 15.3. The fraction of sp³-hybridized carbons (Fsp3) is 0.263. The molecule has 0 atom stereocenters. The van der Waals surface area contributed by atoms with Crippen LogP contribution in [-0.4, -0.2) is 10.1 Å². The molecule has 3 aromatic rings. The molecular weight excluding hydrogens is 398 g/mol. The first-order chi connectivity index (χ1) is 12.8. The van der Waals surface area contributed by atoms with Gasteiger partial charge in [0, 0.05) is 0 Å². The van der Waals surface area contributed by atoms with Gasteiger partial charge in [0.1, 0.15) is 5.82 Å². The maximum Gasteiger partial charge on any atom is 0.416 e. The molecule has 148 valence electrons. The Bertz CT molecular complexity index is 999. The highest BCUT2D eigenvalue weighted by Crippen LogP contribution is 2.39. The molecule has 2 aromatic carbocycles. The van der Waals surface area contributed by atoms with Gasteiger partial charge in [0.25, 0.3) is 5.89 Å². The molecule has 9 heteroatoms. The summed E-state index contributed by atoms with van der Waals surface area (Å²) in [5, 5.41) is 3.89. The van der Waals surface area contributed by atoms with Crippen LogP contribution in [0.5, 0.6) is 0 Å². The van der Waals surface area contributed by atoms with Gasteiger partial charge in [-0.1, -0.05) is 23.4 Å². The van der Waals surface area contributed by atoms with Crippen LogP contribution in [0.2, 0.25) is 0 Å². The number of nitrogens with zero attached hydrogens (tertiary/aromatic N) is 2. The van der Waals surface area contributed by atoms with Crippen LogP contribution in [0.1, 0.15) is 30.7 Å². The quantitative estimate of drug-likeness (QED) is 0.590. The van der Waals surface area contributed by atoms with Crippen molar-refractivity contribution < 1.29 is 22.1 Å². The highest BCUT2D eigenvalue weighted by Gasteiger charge is 2.39. The Morgan fingerprint density at radius 2 is 1.79 bits per heavy atom. The molecule has 0 amide bonds. The van der Waals surface area contributed by atoms with Gasteiger partial charge in [-0.05, 0) is 54.7 Å². The maximum atomic E-state index is 13.8. The van der Waals surface area contributed by atoms with Crippen LogP contribution < -0.4 is 5.73 Å². The summed E-state index contributed by atoms with van der Waals surface area (Å²) in [6.07, 6.45) is -2.09. The Hall–Kier alpha value is -2.45. The summed E-state index contributed by atoms with van der Waals surface area (Å²) < 4.78 is 58.2. The van der Waals surface area contributed by atoms with Crippen molar-refractivity contribution in [1.29, 1.82) is 0 Å². The topological polar surface area (TPSA) is 64.9 Å². The minimum Gasteiger partial charge on any atom is -0.334 e. The van der Waals surface area contributed by atoms with Crippen molar-refractivity contribution in [2.24, 2.45) is 5.73 Å². The Kier molecular flexibility index (Phi) is 5.20. The van der Waals surface area contributed by atoms with Crippen molar-refractivity contribution in [3.05, 3.63) is 59.7 Å². The lowest BCUT2D eigenvalue weighted by atomic mass is 9.77. The SMILES string of the molecule is Cl.NC1(c2noc(-c3cc(F)ccc3-c3cccc(C(F)(F)F)c3)n2)CCC1. The average molecular weight is 414 g/mol. The van der Waals surface area contributed by atoms with Gasteiger partial charge in [-0.15, -0.1) is 12.4 Å². The Balaban J connectivity index is 0.00000225. The summed E-state index contributed by atoms with van der Waals surface area (Å²) in [4.78, 5) is 4.28. The summed E-state index contributed by atoms with van der Waals surface area (Å²) in [6, 6.07) is 8.53. The van der Waals surface area contributed by atoms with E-state index in [1.807, 2.05) is 0 Å². The lowest BCUT2D eigenvalue weighted by molar-refractivity contribution is -0.137. The maximum absolute atomic E-state index is 13.8. The normalized spacial score (nSPS) is 15.6. The van der Waals surface area contributed by atoms with E-state index in [1.54, 1.807) is 0 Å². The minimum absolute atomic E-state index is 0. The number of rotatable bonds is 3. The smallest absolute Gasteiger partial charge is 0.334 e. The van der Waals surface area contributed by atoms with E-state index in [2.05, 4.69) is 10.1 Å². The first-order valence-corrected chi connectivity index (χ1v) is 8.37. The standard InChI is InChI=1S/C19H15F4N3O.ClH/c20-13-5-6-14(11-3-1-4-12(9-11)19(21,22)23)15(10-13)16-25-17(26-27-16)18(24)7-2-8-18;/h1,3-6,9-10H,2,7-8,24H2;1H. The van der Waals surface area contributed by atoms with Crippen molar-refractivity contribution in [3.8, 4) is 22.6 Å². The van der Waals surface area contributed by atoms with Crippen molar-refractivity contribution in [2.75, 3.05) is 0 Å². The van der Waals surface area contributed by atoms with Crippen LogP contribution in [0.3, 0.4) is 0 Å². The summed E-state index contributed by atoms with van der Waals surface area (Å²) in [6.45, 7) is 0. The molecule has 1 heterocycles. The van der Waals surface area contributed by atoms with Crippen LogP contribution in [-0.2, 0) is 11.7 Å². The largest absolute Gasteiger partial charge is 0.416 e. The summed E-state index contributed by atoms with van der Waals surface area (Å²) >= 11 is 0. The lowest BCUT2D eigenvalue weighted by Gasteiger charge is -2.34. The van der Waals surface area contributed by atoms with Gasteiger partial charge in [0.2, 0.25) is 0 Å². The van der Waals surface area contributed by atoms with E-state index in [-0.39, 0.29) is 29.4 Å². The van der Waals surface area contributed by atoms with Crippen LogP contribution in [0.4, 0.5) is 17.6 Å². The van der Waals surface area contributed by atoms with Crippen molar-refractivity contribution >= 4 is 12.4 Å². The van der Waals surface area contributed by atoms with Crippen molar-refractivity contribution in [3.63, 3.8) is 0 Å². The molecule has 4 nitrogen and oxygen atoms in total. The van der Waals surface area contributed by atoms with E-state index in [0.717, 1.165) is 37.5 Å². The Labute approximate surface area is 164 Å². The van der Waals surface area contributed by atoms with Crippen molar-refractivity contribution in [1.82, 2.24) is 10.1 Å². The molecule has 0 bridgehead atoms. The number of benzene rings is 2. The first kappa shape index (κ1) is 20.3. The zero-order chi connectivity index (χ0) is 19.2. The Morgan fingerprint density at radius 1 is 1.04 bits per heavy atom. The molecule has 2 N–H and O–H groups in total. The number of aromatic nitrogens is 2. The van der Waals surface area contributed by atoms with Crippen molar-refractivity contribution in [2.45, 2.75) is 31.0 Å². The van der Waals surface area contributed by atoms with Crippen LogP contribution >= 0.6 is 12.4 Å². The van der Waals surface area contributed by atoms with Gasteiger partial charge in [0.15, 0.2) is 5.82 Å². The average Bonchev–Trinajstić information content (AvgIpc) is 3.09. The molecule has 28 heavy (non-hydrogen) atoms. The molecule has 1 aromatic heterocycles. The molecule has 0 unspecified atom stereocenters. The molecule has 1 saturated carbocycles. The first-order valence-electron chi connectivity index (χ1n) is 8.37. The third kappa shape index (κ3) is 3.62. The Morgan fingerprint density at radius 3 is 2.43 bits per heavy atom. The van der Waals surface area contributed by atoms with E-state index >= 15 is 0 Å². The number of hydrogen-bond donors (Lipinski definition) is 1. The highest BCUT2D eigenvalue weighted by molar-refractivity contribution is 5.85. The number of halogens is 5. The predicted molar refractivity (Wildman–Crippen MR) is 97.1 cm³/mol. The third-order valence-electron chi connectivity index (χ3n) is 4.83. The highest BCUT2D eigenvalue weighted by atomic mass is 35.5.